The average Bonchev–Trinajstić information content (AvgIpc) is 2.90. The van der Waals surface area contributed by atoms with Crippen LogP contribution in [0.3, 0.4) is 0 Å². The van der Waals surface area contributed by atoms with Crippen LogP contribution in [0.4, 0.5) is 0 Å². The molecule has 2 heteroatoms. The van der Waals surface area contributed by atoms with Crippen molar-refractivity contribution in [2.24, 2.45) is 5.92 Å². The molecule has 2 nitrogen and oxygen atoms in total. The predicted octanol–water partition coefficient (Wildman–Crippen LogP) is 4.23. The lowest BCUT2D eigenvalue weighted by Crippen LogP contribution is -2.34. The van der Waals surface area contributed by atoms with E-state index in [0.717, 1.165) is 19.3 Å². The van der Waals surface area contributed by atoms with Gasteiger partial charge in [-0.2, -0.15) is 0 Å². The van der Waals surface area contributed by atoms with E-state index in [2.05, 4.69) is 53.9 Å². The molecule has 0 heterocycles. The van der Waals surface area contributed by atoms with E-state index in [9.17, 15) is 4.79 Å². The van der Waals surface area contributed by atoms with Gasteiger partial charge < -0.3 is 5.32 Å². The van der Waals surface area contributed by atoms with Crippen LogP contribution in [0.15, 0.2) is 60.7 Å². The first-order valence-corrected chi connectivity index (χ1v) is 7.98. The van der Waals surface area contributed by atoms with E-state index in [1.807, 2.05) is 12.1 Å². The van der Waals surface area contributed by atoms with Gasteiger partial charge in [-0.05, 0) is 41.5 Å². The summed E-state index contributed by atoms with van der Waals surface area (Å²) < 4.78 is 0. The van der Waals surface area contributed by atoms with Crippen molar-refractivity contribution in [1.82, 2.24) is 5.32 Å². The molecule has 1 amide bonds. The maximum Gasteiger partial charge on any atom is 0.224 e. The zero-order valence-electron chi connectivity index (χ0n) is 12.5. The smallest absolute Gasteiger partial charge is 0.224 e. The molecule has 0 saturated heterocycles. The SMILES string of the molecule is O=C(NC1c2ccccc2-c2ccccc21)[C@H]1CC=CCC1. The van der Waals surface area contributed by atoms with E-state index in [1.165, 1.54) is 22.3 Å². The van der Waals surface area contributed by atoms with Crippen molar-refractivity contribution >= 4 is 5.91 Å². The monoisotopic (exact) mass is 289 g/mol. The Morgan fingerprint density at radius 1 is 0.909 bits per heavy atom. The Hall–Kier alpha value is -2.35. The van der Waals surface area contributed by atoms with Gasteiger partial charge in [0, 0.05) is 5.92 Å². The lowest BCUT2D eigenvalue weighted by Gasteiger charge is -2.22. The van der Waals surface area contributed by atoms with Crippen LogP contribution in [-0.2, 0) is 4.79 Å². The molecule has 0 fully saturated rings. The minimum Gasteiger partial charge on any atom is -0.345 e. The van der Waals surface area contributed by atoms with Crippen molar-refractivity contribution in [2.45, 2.75) is 25.3 Å². The van der Waals surface area contributed by atoms with E-state index in [-0.39, 0.29) is 17.9 Å². The number of benzene rings is 2. The predicted molar refractivity (Wildman–Crippen MR) is 88.3 cm³/mol. The lowest BCUT2D eigenvalue weighted by atomic mass is 9.93. The fourth-order valence-electron chi connectivity index (χ4n) is 3.60. The number of nitrogens with one attached hydrogen (secondary N) is 1. The molecule has 1 atom stereocenters. The third-order valence-corrected chi connectivity index (χ3v) is 4.76. The Bertz CT molecular complexity index is 701. The van der Waals surface area contributed by atoms with Crippen molar-refractivity contribution in [1.29, 1.82) is 0 Å². The van der Waals surface area contributed by atoms with Crippen molar-refractivity contribution in [3.8, 4) is 11.1 Å². The Balaban J connectivity index is 1.67. The standard InChI is InChI=1S/C20H19NO/c22-20(14-8-2-1-3-9-14)21-19-17-12-6-4-10-15(17)16-11-5-7-13-18(16)19/h1-2,4-7,10-14,19H,3,8-9H2,(H,21,22)/t14-/m0/s1. The number of allylic oxidation sites excluding steroid dienone is 2. The molecule has 0 bridgehead atoms. The highest BCUT2D eigenvalue weighted by Crippen LogP contribution is 2.43. The minimum atomic E-state index is -0.00851. The van der Waals surface area contributed by atoms with Gasteiger partial charge in [0.2, 0.25) is 5.91 Å². The molecule has 110 valence electrons. The van der Waals surface area contributed by atoms with Gasteiger partial charge in [0.15, 0.2) is 0 Å². The topological polar surface area (TPSA) is 29.1 Å². The summed E-state index contributed by atoms with van der Waals surface area (Å²) in [4.78, 5) is 12.6. The number of carbonyl (C=O) groups excluding carboxylic acids is 1. The molecule has 0 unspecified atom stereocenters. The molecule has 2 aliphatic rings. The van der Waals surface area contributed by atoms with E-state index >= 15 is 0 Å². The Kier molecular flexibility index (Phi) is 3.30. The number of amides is 1. The first-order chi connectivity index (χ1) is 10.8. The van der Waals surface area contributed by atoms with Crippen LogP contribution in [0.25, 0.3) is 11.1 Å². The van der Waals surface area contributed by atoms with Gasteiger partial charge in [0.1, 0.15) is 0 Å². The number of fused-ring (bicyclic) bond motifs is 3. The van der Waals surface area contributed by atoms with Crippen LogP contribution in [0.1, 0.15) is 36.4 Å². The average molecular weight is 289 g/mol. The Morgan fingerprint density at radius 2 is 1.55 bits per heavy atom. The number of hydrogen-bond acceptors (Lipinski definition) is 1. The molecule has 2 aromatic carbocycles. The quantitative estimate of drug-likeness (QED) is 0.824. The molecule has 0 aliphatic heterocycles. The van der Waals surface area contributed by atoms with Gasteiger partial charge >= 0.3 is 0 Å². The molecule has 0 radical (unpaired) electrons. The maximum absolute atomic E-state index is 12.6. The van der Waals surface area contributed by atoms with Crippen LogP contribution in [0.2, 0.25) is 0 Å². The molecule has 22 heavy (non-hydrogen) atoms. The fraction of sp³-hybridized carbons (Fsp3) is 0.250. The molecule has 2 aromatic rings. The Labute approximate surface area is 130 Å². The van der Waals surface area contributed by atoms with Crippen molar-refractivity contribution in [3.05, 3.63) is 71.8 Å². The second kappa shape index (κ2) is 5.45. The van der Waals surface area contributed by atoms with E-state index in [0.29, 0.717) is 0 Å². The highest BCUT2D eigenvalue weighted by atomic mass is 16.1. The Morgan fingerprint density at radius 3 is 2.14 bits per heavy atom. The van der Waals surface area contributed by atoms with E-state index in [4.69, 9.17) is 0 Å². The summed E-state index contributed by atoms with van der Waals surface area (Å²) in [5, 5.41) is 3.29. The van der Waals surface area contributed by atoms with Crippen molar-refractivity contribution < 1.29 is 4.79 Å². The highest BCUT2D eigenvalue weighted by molar-refractivity contribution is 5.84. The van der Waals surface area contributed by atoms with Crippen LogP contribution in [0, 0.1) is 5.92 Å². The minimum absolute atomic E-state index is 0.00851. The van der Waals surface area contributed by atoms with Crippen LogP contribution < -0.4 is 5.32 Å². The maximum atomic E-state index is 12.6. The summed E-state index contributed by atoms with van der Waals surface area (Å²) >= 11 is 0. The van der Waals surface area contributed by atoms with Gasteiger partial charge in [-0.3, -0.25) is 4.79 Å². The molecule has 1 N–H and O–H groups in total. The third-order valence-electron chi connectivity index (χ3n) is 4.76. The second-order valence-electron chi connectivity index (χ2n) is 6.10. The molecule has 4 rings (SSSR count). The van der Waals surface area contributed by atoms with Gasteiger partial charge in [0.25, 0.3) is 0 Å². The van der Waals surface area contributed by atoms with Gasteiger partial charge in [-0.25, -0.2) is 0 Å². The summed E-state index contributed by atoms with van der Waals surface area (Å²) in [6.07, 6.45) is 7.13. The highest BCUT2D eigenvalue weighted by Gasteiger charge is 2.30. The van der Waals surface area contributed by atoms with Crippen LogP contribution >= 0.6 is 0 Å². The zero-order chi connectivity index (χ0) is 14.9. The van der Waals surface area contributed by atoms with E-state index in [1.54, 1.807) is 0 Å². The number of rotatable bonds is 2. The first kappa shape index (κ1) is 13.3. The summed E-state index contributed by atoms with van der Waals surface area (Å²) in [6.45, 7) is 0. The molecule has 2 aliphatic carbocycles. The summed E-state index contributed by atoms with van der Waals surface area (Å²) in [5.74, 6) is 0.297. The fourth-order valence-corrected chi connectivity index (χ4v) is 3.60. The third kappa shape index (κ3) is 2.16. The van der Waals surface area contributed by atoms with Gasteiger partial charge in [-0.15, -0.1) is 0 Å². The van der Waals surface area contributed by atoms with E-state index < -0.39 is 0 Å². The van der Waals surface area contributed by atoms with Gasteiger partial charge in [0.05, 0.1) is 6.04 Å². The number of hydrogen-bond donors (Lipinski definition) is 1. The summed E-state index contributed by atoms with van der Waals surface area (Å²) in [5.41, 5.74) is 4.91. The van der Waals surface area contributed by atoms with Gasteiger partial charge in [-0.1, -0.05) is 60.7 Å². The van der Waals surface area contributed by atoms with Crippen LogP contribution in [-0.4, -0.2) is 5.91 Å². The summed E-state index contributed by atoms with van der Waals surface area (Å²) in [6, 6.07) is 16.7. The molecular formula is C20H19NO. The van der Waals surface area contributed by atoms with Crippen molar-refractivity contribution in [2.75, 3.05) is 0 Å². The normalized spacial score (nSPS) is 19.5. The largest absolute Gasteiger partial charge is 0.345 e. The molecule has 0 aromatic heterocycles. The first-order valence-electron chi connectivity index (χ1n) is 7.98. The van der Waals surface area contributed by atoms with Crippen molar-refractivity contribution in [3.63, 3.8) is 0 Å². The second-order valence-corrected chi connectivity index (χ2v) is 6.10. The zero-order valence-corrected chi connectivity index (χ0v) is 12.5. The molecule has 0 saturated carbocycles. The molecular weight excluding hydrogens is 270 g/mol. The molecule has 0 spiro atoms. The van der Waals surface area contributed by atoms with Crippen LogP contribution in [0.5, 0.6) is 0 Å². The number of carbonyl (C=O) groups is 1. The summed E-state index contributed by atoms with van der Waals surface area (Å²) in [7, 11) is 0. The lowest BCUT2D eigenvalue weighted by molar-refractivity contribution is -0.125.